The second-order valence-corrected chi connectivity index (χ2v) is 9.85. The summed E-state index contributed by atoms with van der Waals surface area (Å²) in [6, 6.07) is 24.0. The lowest BCUT2D eigenvalue weighted by molar-refractivity contribution is 0.524. The summed E-state index contributed by atoms with van der Waals surface area (Å²) in [4.78, 5) is 2.41. The minimum Gasteiger partial charge on any atom is -0.364 e. The van der Waals surface area contributed by atoms with Crippen LogP contribution in [0, 0.1) is 11.3 Å². The Kier molecular flexibility index (Phi) is 5.91. The molecule has 1 atom stereocenters. The normalized spacial score (nSPS) is 16.0. The second-order valence-electron chi connectivity index (χ2n) is 7.28. The molecule has 0 aliphatic carbocycles. The van der Waals surface area contributed by atoms with Crippen LogP contribution in [0.4, 0.5) is 5.69 Å². The molecule has 0 fully saturated rings. The van der Waals surface area contributed by atoms with Gasteiger partial charge in [0.15, 0.2) is 0 Å². The van der Waals surface area contributed by atoms with Gasteiger partial charge in [-0.2, -0.15) is 5.26 Å². The summed E-state index contributed by atoms with van der Waals surface area (Å²) in [6.45, 7) is 1.17. The molecule has 3 aromatic rings. The van der Waals surface area contributed by atoms with E-state index in [9.17, 15) is 13.7 Å². The molecule has 1 unspecified atom stereocenters. The molecule has 0 saturated carbocycles. The highest BCUT2D eigenvalue weighted by atomic mass is 79.9. The molecule has 0 radical (unpaired) electrons. The number of hydrogen-bond acceptors (Lipinski definition) is 4. The van der Waals surface area contributed by atoms with Crippen LogP contribution in [0.25, 0.3) is 0 Å². The molecule has 7 heteroatoms. The smallest absolute Gasteiger partial charge is 0.240 e. The first-order valence-corrected chi connectivity index (χ1v) is 11.8. The lowest BCUT2D eigenvalue weighted by Crippen LogP contribution is -2.48. The number of sulfonamides is 1. The zero-order chi connectivity index (χ0) is 21.1. The van der Waals surface area contributed by atoms with Crippen molar-refractivity contribution in [2.75, 3.05) is 11.4 Å². The van der Waals surface area contributed by atoms with E-state index in [1.54, 1.807) is 30.3 Å². The Morgan fingerprint density at radius 1 is 1.07 bits per heavy atom. The van der Waals surface area contributed by atoms with Gasteiger partial charge in [0.1, 0.15) is 0 Å². The molecule has 152 valence electrons. The maximum Gasteiger partial charge on any atom is 0.240 e. The van der Waals surface area contributed by atoms with Crippen LogP contribution in [-0.2, 0) is 23.0 Å². The van der Waals surface area contributed by atoms with Crippen molar-refractivity contribution in [2.45, 2.75) is 23.9 Å². The van der Waals surface area contributed by atoms with Crippen LogP contribution in [0.15, 0.2) is 82.2 Å². The number of anilines is 1. The van der Waals surface area contributed by atoms with Crippen LogP contribution in [0.3, 0.4) is 0 Å². The van der Waals surface area contributed by atoms with Crippen LogP contribution >= 0.6 is 15.9 Å². The summed E-state index contributed by atoms with van der Waals surface area (Å²) in [6.07, 6.45) is 0.515. The van der Waals surface area contributed by atoms with Gasteiger partial charge in [-0.25, -0.2) is 13.1 Å². The largest absolute Gasteiger partial charge is 0.364 e. The fourth-order valence-corrected chi connectivity index (χ4v) is 5.83. The minimum absolute atomic E-state index is 0.248. The van der Waals surface area contributed by atoms with Crippen molar-refractivity contribution in [2.24, 2.45) is 0 Å². The van der Waals surface area contributed by atoms with Gasteiger partial charge in [0, 0.05) is 23.6 Å². The fraction of sp³-hybridized carbons (Fsp3) is 0.174. The molecular formula is C23H20BrN3O2S. The van der Waals surface area contributed by atoms with E-state index in [-0.39, 0.29) is 10.9 Å². The van der Waals surface area contributed by atoms with Gasteiger partial charge in [-0.1, -0.05) is 48.5 Å². The predicted octanol–water partition coefficient (Wildman–Crippen LogP) is 4.23. The van der Waals surface area contributed by atoms with Crippen LogP contribution in [0.1, 0.15) is 16.7 Å². The SMILES string of the molecule is N#Cc1cc(Br)c2c(c1)CC(NS(=O)(=O)c1ccccc1)CN2Cc1ccccc1. The fourth-order valence-electron chi connectivity index (χ4n) is 3.83. The van der Waals surface area contributed by atoms with Crippen molar-refractivity contribution < 1.29 is 8.42 Å². The summed E-state index contributed by atoms with van der Waals surface area (Å²) >= 11 is 3.61. The van der Waals surface area contributed by atoms with Crippen molar-refractivity contribution in [1.29, 1.82) is 5.26 Å². The van der Waals surface area contributed by atoms with Gasteiger partial charge in [-0.05, 0) is 57.7 Å². The predicted molar refractivity (Wildman–Crippen MR) is 121 cm³/mol. The molecule has 1 heterocycles. The maximum absolute atomic E-state index is 12.9. The molecule has 1 N–H and O–H groups in total. The van der Waals surface area contributed by atoms with E-state index in [1.807, 2.05) is 30.3 Å². The van der Waals surface area contributed by atoms with E-state index in [1.165, 1.54) is 0 Å². The molecule has 4 rings (SSSR count). The Morgan fingerprint density at radius 2 is 1.73 bits per heavy atom. The molecule has 0 bridgehead atoms. The third kappa shape index (κ3) is 4.41. The van der Waals surface area contributed by atoms with Gasteiger partial charge >= 0.3 is 0 Å². The van der Waals surface area contributed by atoms with Crippen molar-refractivity contribution in [3.63, 3.8) is 0 Å². The molecule has 5 nitrogen and oxygen atoms in total. The standard InChI is InChI=1S/C23H20BrN3O2S/c24-22-12-18(14-25)11-19-13-20(26-30(28,29)21-9-5-2-6-10-21)16-27(23(19)22)15-17-7-3-1-4-8-17/h1-12,20,26H,13,15-16H2. The lowest BCUT2D eigenvalue weighted by atomic mass is 9.96. The van der Waals surface area contributed by atoms with Crippen molar-refractivity contribution >= 4 is 31.6 Å². The van der Waals surface area contributed by atoms with E-state index in [0.717, 1.165) is 21.3 Å². The quantitative estimate of drug-likeness (QED) is 0.591. The number of rotatable bonds is 5. The van der Waals surface area contributed by atoms with Crippen LogP contribution in [0.2, 0.25) is 0 Å². The molecule has 1 aliphatic heterocycles. The lowest BCUT2D eigenvalue weighted by Gasteiger charge is -2.37. The first-order valence-electron chi connectivity index (χ1n) is 9.55. The highest BCUT2D eigenvalue weighted by Crippen LogP contribution is 2.37. The molecule has 0 saturated heterocycles. The number of nitrogens with zero attached hydrogens (tertiary/aromatic N) is 2. The van der Waals surface area contributed by atoms with E-state index >= 15 is 0 Å². The summed E-state index contributed by atoms with van der Waals surface area (Å²) in [7, 11) is -3.64. The van der Waals surface area contributed by atoms with Crippen molar-refractivity contribution in [1.82, 2.24) is 4.72 Å². The Bertz CT molecular complexity index is 1190. The monoisotopic (exact) mass is 481 g/mol. The van der Waals surface area contributed by atoms with Gasteiger partial charge < -0.3 is 4.90 Å². The van der Waals surface area contributed by atoms with E-state index in [0.29, 0.717) is 25.1 Å². The van der Waals surface area contributed by atoms with Gasteiger partial charge in [0.2, 0.25) is 10.0 Å². The number of fused-ring (bicyclic) bond motifs is 1. The van der Waals surface area contributed by atoms with E-state index in [4.69, 9.17) is 0 Å². The summed E-state index contributed by atoms with van der Waals surface area (Å²) in [5, 5.41) is 9.37. The molecule has 0 amide bonds. The van der Waals surface area contributed by atoms with Crippen molar-refractivity contribution in [3.8, 4) is 6.07 Å². The molecule has 1 aliphatic rings. The number of nitrogens with one attached hydrogen (secondary N) is 1. The zero-order valence-electron chi connectivity index (χ0n) is 16.1. The maximum atomic E-state index is 12.9. The first-order chi connectivity index (χ1) is 14.5. The Balaban J connectivity index is 1.68. The summed E-state index contributed by atoms with van der Waals surface area (Å²) in [5.41, 5.74) is 3.63. The van der Waals surface area contributed by atoms with E-state index < -0.39 is 10.0 Å². The minimum atomic E-state index is -3.64. The molecular weight excluding hydrogens is 462 g/mol. The van der Waals surface area contributed by atoms with E-state index in [2.05, 4.69) is 43.8 Å². The Morgan fingerprint density at radius 3 is 2.40 bits per heavy atom. The zero-order valence-corrected chi connectivity index (χ0v) is 18.5. The Hall–Kier alpha value is -2.66. The van der Waals surface area contributed by atoms with Crippen molar-refractivity contribution in [3.05, 3.63) is 94.0 Å². The average molecular weight is 482 g/mol. The number of halogens is 1. The topological polar surface area (TPSA) is 73.2 Å². The van der Waals surface area contributed by atoms with Gasteiger partial charge in [0.25, 0.3) is 0 Å². The van der Waals surface area contributed by atoms with Crippen LogP contribution in [0.5, 0.6) is 0 Å². The third-order valence-electron chi connectivity index (χ3n) is 5.09. The van der Waals surface area contributed by atoms with Gasteiger partial charge in [0.05, 0.1) is 22.2 Å². The first kappa shape index (κ1) is 20.6. The number of benzene rings is 3. The summed E-state index contributed by atoms with van der Waals surface area (Å²) in [5.74, 6) is 0. The number of hydrogen-bond donors (Lipinski definition) is 1. The highest BCUT2D eigenvalue weighted by Gasteiger charge is 2.30. The third-order valence-corrected chi connectivity index (χ3v) is 7.23. The van der Waals surface area contributed by atoms with Gasteiger partial charge in [-0.3, -0.25) is 0 Å². The number of nitriles is 1. The Labute approximate surface area is 185 Å². The molecule has 3 aromatic carbocycles. The second kappa shape index (κ2) is 8.60. The van der Waals surface area contributed by atoms with Crippen LogP contribution < -0.4 is 9.62 Å². The molecule has 0 aromatic heterocycles. The van der Waals surface area contributed by atoms with Gasteiger partial charge in [-0.15, -0.1) is 0 Å². The summed E-state index contributed by atoms with van der Waals surface area (Å²) < 4.78 is 29.5. The highest BCUT2D eigenvalue weighted by molar-refractivity contribution is 9.10. The average Bonchev–Trinajstić information content (AvgIpc) is 2.74. The van der Waals surface area contributed by atoms with Crippen LogP contribution in [-0.4, -0.2) is 21.0 Å². The molecule has 30 heavy (non-hydrogen) atoms. The molecule has 0 spiro atoms.